The third-order valence-electron chi connectivity index (χ3n) is 8.04. The molecule has 1 saturated heterocycles. The Morgan fingerprint density at radius 2 is 1.62 bits per heavy atom. The molecular weight excluding hydrogens is 545 g/mol. The zero-order valence-electron chi connectivity index (χ0n) is 25.6. The molecule has 42 heavy (non-hydrogen) atoms. The number of hydrogen-bond donors (Lipinski definition) is 2. The Hall–Kier alpha value is -3.62. The summed E-state index contributed by atoms with van der Waals surface area (Å²) in [6.07, 6.45) is 8.24. The van der Waals surface area contributed by atoms with Gasteiger partial charge in [0.1, 0.15) is 12.1 Å². The van der Waals surface area contributed by atoms with Crippen molar-refractivity contribution in [3.05, 3.63) is 48.5 Å². The van der Waals surface area contributed by atoms with Crippen LogP contribution in [0.1, 0.15) is 39.2 Å². The van der Waals surface area contributed by atoms with E-state index in [1.807, 2.05) is 12.1 Å². The summed E-state index contributed by atoms with van der Waals surface area (Å²) in [4.78, 5) is 27.7. The lowest BCUT2D eigenvalue weighted by molar-refractivity contribution is 0.186. The van der Waals surface area contributed by atoms with Gasteiger partial charge < -0.3 is 25.2 Å². The van der Waals surface area contributed by atoms with E-state index in [-0.39, 0.29) is 0 Å². The smallest absolute Gasteiger partial charge is 0.232 e. The maximum Gasteiger partial charge on any atom is 0.232 e. The molecule has 1 aliphatic rings. The summed E-state index contributed by atoms with van der Waals surface area (Å²) in [6, 6.07) is 8.98. The lowest BCUT2D eigenvalue weighted by atomic mass is 10.00. The van der Waals surface area contributed by atoms with Gasteiger partial charge in [0.15, 0.2) is 0 Å². The van der Waals surface area contributed by atoms with Crippen molar-refractivity contribution >= 4 is 53.2 Å². The van der Waals surface area contributed by atoms with Crippen LogP contribution in [0.25, 0.3) is 11.0 Å². The summed E-state index contributed by atoms with van der Waals surface area (Å²) >= 11 is 0. The number of nitrogens with zero attached hydrogens (tertiary/aromatic N) is 7. The van der Waals surface area contributed by atoms with Crippen LogP contribution in [-0.2, 0) is 6.42 Å². The molecular formula is C31H42N9OP. The number of ether oxygens (including phenoxy) is 1. The van der Waals surface area contributed by atoms with E-state index in [0.29, 0.717) is 17.9 Å². The fourth-order valence-corrected chi connectivity index (χ4v) is 7.11. The quantitative estimate of drug-likeness (QED) is 0.217. The highest BCUT2D eigenvalue weighted by Crippen LogP contribution is 2.37. The highest BCUT2D eigenvalue weighted by atomic mass is 31.1. The van der Waals surface area contributed by atoms with Crippen LogP contribution in [0.3, 0.4) is 0 Å². The summed E-state index contributed by atoms with van der Waals surface area (Å²) in [5, 5.41) is 7.92. The number of aryl methyl sites for hydroxylation is 1. The number of benzene rings is 2. The summed E-state index contributed by atoms with van der Waals surface area (Å²) in [5.41, 5.74) is 6.06. The van der Waals surface area contributed by atoms with Gasteiger partial charge in [0.05, 0.1) is 29.5 Å². The van der Waals surface area contributed by atoms with E-state index in [0.717, 1.165) is 66.1 Å². The molecule has 0 spiro atoms. The van der Waals surface area contributed by atoms with Gasteiger partial charge in [-0.1, -0.05) is 28.7 Å². The number of nitrogens with one attached hydrogen (secondary N) is 2. The fourth-order valence-electron chi connectivity index (χ4n) is 5.90. The van der Waals surface area contributed by atoms with Crippen molar-refractivity contribution < 1.29 is 4.74 Å². The standard InChI is InChI=1S/C31H42N9OP/c1-7-21-18-25(27(41-4)19-26(21)40-16-12-22(13-17-40)39(8-2)9-3)37-31-35-20-34-30(38-31)36-24-11-10-23-28(29(24)42(5)6)33-15-14-32-23/h10-11,14-15,18-20,22H,7-9,12-13,16-17H2,1-6H3,(H2,34,35,36,37,38). The number of rotatable bonds is 11. The van der Waals surface area contributed by atoms with Crippen molar-refractivity contribution in [3.8, 4) is 5.75 Å². The lowest BCUT2D eigenvalue weighted by Gasteiger charge is -2.39. The fraction of sp³-hybridized carbons (Fsp3) is 0.452. The van der Waals surface area contributed by atoms with Crippen molar-refractivity contribution in [2.24, 2.45) is 0 Å². The summed E-state index contributed by atoms with van der Waals surface area (Å²) in [7, 11) is 1.25. The van der Waals surface area contributed by atoms with E-state index < -0.39 is 7.92 Å². The second-order valence-electron chi connectivity index (χ2n) is 10.6. The molecule has 0 amide bonds. The molecule has 2 aromatic heterocycles. The molecule has 2 aromatic carbocycles. The van der Waals surface area contributed by atoms with Crippen molar-refractivity contribution in [1.82, 2.24) is 29.8 Å². The zero-order valence-corrected chi connectivity index (χ0v) is 26.4. The first kappa shape index (κ1) is 29.9. The molecule has 1 aliphatic heterocycles. The van der Waals surface area contributed by atoms with Gasteiger partial charge in [0.2, 0.25) is 11.9 Å². The Balaban J connectivity index is 1.37. The average Bonchev–Trinajstić information content (AvgIpc) is 3.01. The van der Waals surface area contributed by atoms with Gasteiger partial charge >= 0.3 is 0 Å². The molecule has 222 valence electrons. The van der Waals surface area contributed by atoms with Crippen molar-refractivity contribution in [2.45, 2.75) is 46.1 Å². The van der Waals surface area contributed by atoms with E-state index in [2.05, 4.69) is 91.6 Å². The number of anilines is 5. The van der Waals surface area contributed by atoms with Gasteiger partial charge in [-0.3, -0.25) is 9.97 Å². The molecule has 4 aromatic rings. The third-order valence-corrected chi connectivity index (χ3v) is 9.39. The second-order valence-corrected chi connectivity index (χ2v) is 12.9. The molecule has 0 radical (unpaired) electrons. The van der Waals surface area contributed by atoms with Crippen molar-refractivity contribution in [1.29, 1.82) is 0 Å². The summed E-state index contributed by atoms with van der Waals surface area (Å²) < 4.78 is 5.86. The summed E-state index contributed by atoms with van der Waals surface area (Å²) in [6.45, 7) is 15.5. The van der Waals surface area contributed by atoms with E-state index in [4.69, 9.17) is 4.74 Å². The van der Waals surface area contributed by atoms with Gasteiger partial charge in [-0.25, -0.2) is 9.97 Å². The molecule has 0 atom stereocenters. The van der Waals surface area contributed by atoms with Crippen LogP contribution in [0.5, 0.6) is 5.75 Å². The predicted octanol–water partition coefficient (Wildman–Crippen LogP) is 5.55. The predicted molar refractivity (Wildman–Crippen MR) is 175 cm³/mol. The molecule has 3 heterocycles. The van der Waals surface area contributed by atoms with Gasteiger partial charge in [-0.15, -0.1) is 0 Å². The molecule has 10 nitrogen and oxygen atoms in total. The van der Waals surface area contributed by atoms with E-state index >= 15 is 0 Å². The molecule has 0 bridgehead atoms. The Bertz CT molecular complexity index is 1500. The normalized spacial score (nSPS) is 14.1. The van der Waals surface area contributed by atoms with Gasteiger partial charge in [-0.05, 0) is 69.4 Å². The van der Waals surface area contributed by atoms with E-state index in [1.165, 1.54) is 30.4 Å². The highest BCUT2D eigenvalue weighted by Gasteiger charge is 2.25. The van der Waals surface area contributed by atoms with Crippen LogP contribution in [-0.4, -0.2) is 82.5 Å². The molecule has 0 unspecified atom stereocenters. The van der Waals surface area contributed by atoms with E-state index in [9.17, 15) is 0 Å². The molecule has 5 rings (SSSR count). The van der Waals surface area contributed by atoms with Gasteiger partial charge in [0, 0.05) is 48.6 Å². The molecule has 0 saturated carbocycles. The van der Waals surface area contributed by atoms with Crippen molar-refractivity contribution in [3.63, 3.8) is 0 Å². The average molecular weight is 588 g/mol. The van der Waals surface area contributed by atoms with Crippen LogP contribution >= 0.6 is 7.92 Å². The number of hydrogen-bond acceptors (Lipinski definition) is 10. The maximum absolute atomic E-state index is 5.86. The monoisotopic (exact) mass is 587 g/mol. The highest BCUT2D eigenvalue weighted by molar-refractivity contribution is 7.65. The second kappa shape index (κ2) is 13.6. The zero-order chi connectivity index (χ0) is 29.6. The van der Waals surface area contributed by atoms with Crippen LogP contribution < -0.4 is 25.6 Å². The Labute approximate surface area is 250 Å². The first-order chi connectivity index (χ1) is 20.4. The van der Waals surface area contributed by atoms with Crippen molar-refractivity contribution in [2.75, 3.05) is 62.2 Å². The minimum Gasteiger partial charge on any atom is -0.494 e. The Morgan fingerprint density at radius 1 is 0.929 bits per heavy atom. The SMILES string of the molecule is CCc1cc(Nc2ncnc(Nc3ccc4nccnc4c3P(C)C)n2)c(OC)cc1N1CCC(N(CC)CC)CC1. The molecule has 1 fully saturated rings. The molecule has 11 heteroatoms. The van der Waals surface area contributed by atoms with E-state index in [1.54, 1.807) is 19.5 Å². The minimum absolute atomic E-state index is 0.443. The number of piperidine rings is 1. The number of methoxy groups -OCH3 is 1. The largest absolute Gasteiger partial charge is 0.494 e. The Morgan fingerprint density at radius 3 is 2.26 bits per heavy atom. The van der Waals surface area contributed by atoms with Gasteiger partial charge in [-0.2, -0.15) is 4.98 Å². The van der Waals surface area contributed by atoms with Crippen LogP contribution in [0.4, 0.5) is 29.0 Å². The first-order valence-electron chi connectivity index (χ1n) is 14.8. The first-order valence-corrected chi connectivity index (χ1v) is 17.0. The Kier molecular flexibility index (Phi) is 9.65. The van der Waals surface area contributed by atoms with Crippen LogP contribution in [0.15, 0.2) is 43.0 Å². The maximum atomic E-state index is 5.86. The summed E-state index contributed by atoms with van der Waals surface area (Å²) in [5.74, 6) is 1.66. The van der Waals surface area contributed by atoms with Crippen LogP contribution in [0.2, 0.25) is 0 Å². The molecule has 2 N–H and O–H groups in total. The van der Waals surface area contributed by atoms with Gasteiger partial charge in [0.25, 0.3) is 0 Å². The lowest BCUT2D eigenvalue weighted by Crippen LogP contribution is -2.45. The number of fused-ring (bicyclic) bond motifs is 1. The topological polar surface area (TPSA) is 104 Å². The molecule has 0 aliphatic carbocycles. The minimum atomic E-state index is -0.464. The number of aromatic nitrogens is 5. The van der Waals surface area contributed by atoms with Crippen LogP contribution in [0, 0.1) is 0 Å². The third kappa shape index (κ3) is 6.40.